The van der Waals surface area contributed by atoms with E-state index >= 15 is 0 Å². The summed E-state index contributed by atoms with van der Waals surface area (Å²) in [7, 11) is -21.7. The zero-order chi connectivity index (χ0) is 72.6. The van der Waals surface area contributed by atoms with Gasteiger partial charge in [-0.3, -0.25) is 98.1 Å². The van der Waals surface area contributed by atoms with Crippen molar-refractivity contribution in [3.8, 4) is 0 Å². The van der Waals surface area contributed by atoms with Crippen molar-refractivity contribution >= 4 is 88.4 Å². The number of ether oxygens (including phenoxy) is 5. The maximum Gasteiger partial charge on any atom is 0.472 e. The normalized spacial score (nSPS) is 29.2. The number of nitrogens with zero attached hydrogens (tertiary/aromatic N) is 12. The summed E-state index contributed by atoms with van der Waals surface area (Å²) >= 11 is 0. The van der Waals surface area contributed by atoms with Crippen molar-refractivity contribution in [2.24, 2.45) is 0 Å². The maximum absolute atomic E-state index is 14.2. The molecule has 13 heterocycles. The quantitative estimate of drug-likeness (QED) is 0.0235. The van der Waals surface area contributed by atoms with Gasteiger partial charge in [0.2, 0.25) is 17.8 Å². The Bertz CT molecular complexity index is 5100. The topological polar surface area (TPSA) is 694 Å². The van der Waals surface area contributed by atoms with Crippen LogP contribution in [0, 0.1) is 6.92 Å². The number of rotatable bonds is 26. The monoisotopic (exact) mass is 1520 g/mol. The molecule has 102 heavy (non-hydrogen) atoms. The molecule has 18 N–H and O–H groups in total. The summed E-state index contributed by atoms with van der Waals surface area (Å²) in [6.45, 7) is -3.37. The summed E-state index contributed by atoms with van der Waals surface area (Å²) in [4.78, 5) is 158. The summed E-state index contributed by atoms with van der Waals surface area (Å²) < 4.78 is 135. The van der Waals surface area contributed by atoms with Gasteiger partial charge in [-0.1, -0.05) is 0 Å². The molecule has 0 radical (unpaired) electrons. The number of imidazole rings is 3. The number of aromatic nitrogens is 16. The van der Waals surface area contributed by atoms with Crippen LogP contribution in [-0.4, -0.2) is 202 Å². The third-order valence-electron chi connectivity index (χ3n) is 16.7. The van der Waals surface area contributed by atoms with Gasteiger partial charge in [0.25, 0.3) is 22.2 Å². The van der Waals surface area contributed by atoms with Crippen LogP contribution in [0.1, 0.15) is 68.8 Å². The summed E-state index contributed by atoms with van der Waals surface area (Å²) in [6.07, 6.45) is -18.1. The van der Waals surface area contributed by atoms with E-state index in [1.54, 1.807) is 0 Å². The van der Waals surface area contributed by atoms with Crippen molar-refractivity contribution in [1.82, 2.24) is 77.7 Å². The number of H-pyrrole nitrogens is 4. The number of nitrogen functional groups attached to an aromatic ring is 4. The fourth-order valence-corrected chi connectivity index (χ4v) is 15.8. The third kappa shape index (κ3) is 15.4. The number of hydrogen-bond acceptors (Lipinski definition) is 36. The van der Waals surface area contributed by atoms with E-state index in [0.29, 0.717) is 0 Å². The highest BCUT2D eigenvalue weighted by atomic mass is 31.2. The molecular formula is C49H62N20O29P4. The lowest BCUT2D eigenvalue weighted by molar-refractivity contribution is -0.0642. The molecule has 8 aromatic rings. The van der Waals surface area contributed by atoms with Gasteiger partial charge in [-0.25, -0.2) is 42.8 Å². The van der Waals surface area contributed by atoms with Gasteiger partial charge >= 0.3 is 42.7 Å². The van der Waals surface area contributed by atoms with Crippen molar-refractivity contribution in [2.45, 2.75) is 131 Å². The lowest BCUT2D eigenvalue weighted by Crippen LogP contribution is -2.33. The number of nitrogens with one attached hydrogen (secondary N) is 4. The Kier molecular flexibility index (Phi) is 20.0. The second-order valence-corrected chi connectivity index (χ2v) is 29.2. The molecule has 5 saturated heterocycles. The smallest absolute Gasteiger partial charge is 0.394 e. The van der Waals surface area contributed by atoms with E-state index in [2.05, 4.69) is 54.8 Å². The van der Waals surface area contributed by atoms with Gasteiger partial charge in [-0.2, -0.15) is 19.9 Å². The van der Waals surface area contributed by atoms with Gasteiger partial charge < -0.3 is 76.4 Å². The van der Waals surface area contributed by atoms with E-state index in [9.17, 15) is 76.8 Å². The van der Waals surface area contributed by atoms with Gasteiger partial charge in [0, 0.05) is 50.1 Å². The summed E-state index contributed by atoms with van der Waals surface area (Å²) in [5.41, 5.74) is 17.4. The molecular weight excluding hydrogens is 1460 g/mol. The molecule has 19 atom stereocenters. The first-order chi connectivity index (χ1) is 48.3. The number of anilines is 4. The van der Waals surface area contributed by atoms with Gasteiger partial charge in [0.05, 0.1) is 58.1 Å². The second kappa shape index (κ2) is 28.2. The molecule has 8 aromatic heterocycles. The predicted molar refractivity (Wildman–Crippen MR) is 335 cm³/mol. The zero-order valence-corrected chi connectivity index (χ0v) is 55.8. The molecule has 0 spiro atoms. The molecule has 4 unspecified atom stereocenters. The zero-order valence-electron chi connectivity index (χ0n) is 52.2. The molecule has 0 aromatic carbocycles. The van der Waals surface area contributed by atoms with Crippen molar-refractivity contribution in [1.29, 1.82) is 0 Å². The van der Waals surface area contributed by atoms with Crippen molar-refractivity contribution in [2.75, 3.05) is 56.0 Å². The third-order valence-corrected chi connectivity index (χ3v) is 20.7. The van der Waals surface area contributed by atoms with Crippen molar-refractivity contribution in [3.05, 3.63) is 105 Å². The molecule has 0 aliphatic carbocycles. The standard InChI is InChI=1S/C49H62N20O29P4/c1-18-9-66(49(77)64-41(18)72)32-7-22(27(93-32)13-87-100(80,81)95-20-5-33(90-24(20)10-70)68-16-55-36-39(68)59-46(52)62-43(36)74)97-101(82,83)89-14-28-23(8-34(94-28)69-17-56-37-40(69)60-47(53)63-44(37)75)98-102(84,85)88-12-26-21(6-31(92-26)65-3-2-29(50)57-48(65)76)96-99(78,79)86-11-25-19(71)4-30(91-25)67-15-54-35-38(67)58-45(51)61-42(35)73/h2-3,9,15-17,19-28,30-34,70-71H,4-8,10-14H2,1H3,(H,78,79)(H,80,81)(H,82,83)(H,84,85)(H2,50,57,76)(H,64,72,77)(H3,51,58,61,73)(H3,52,59,62,74)(H3,53,60,63,75)/t19-,20-,21-,22-,23-,24+,25+,26+,27+,28+,30+,31+,32+,33+,34+/m0/s1. The molecule has 49 nitrogen and oxygen atoms in total. The minimum Gasteiger partial charge on any atom is -0.394 e. The van der Waals surface area contributed by atoms with E-state index in [1.807, 2.05) is 0 Å². The van der Waals surface area contributed by atoms with E-state index in [-0.39, 0.29) is 75.6 Å². The fraction of sp³-hybridized carbons (Fsp3) is 0.531. The van der Waals surface area contributed by atoms with Gasteiger partial charge in [0.15, 0.2) is 33.5 Å². The number of phosphoric ester groups is 4. The molecule has 5 aliphatic heterocycles. The van der Waals surface area contributed by atoms with Gasteiger partial charge in [-0.05, 0) is 13.0 Å². The van der Waals surface area contributed by atoms with E-state index in [4.69, 9.17) is 82.8 Å². The first kappa shape index (κ1) is 72.3. The SMILES string of the molecule is Cc1cn([C@H]2C[C@H](OP(=O)(O)OC[C@H]3O[C@@H](n4cnc5c(=O)[nH]c(N)nc54)C[C@@H]3OP(=O)(O)OC[C@H]3O[C@@H](n4ccc(N)nc4=O)C[C@@H]3OP(=O)(O)OC[C@H]3O[C@@H](n4cnc5c(=O)[nH]c(N)nc54)C[C@@H]3O)[C@@H](COP(=O)(O)O[C@H]3C[C@H](n4cnc5c(=O)[nH]c(N)nc54)O[C@@H]3CO)O2)c(=O)[nH]c1=O. The highest BCUT2D eigenvalue weighted by Gasteiger charge is 2.50. The lowest BCUT2D eigenvalue weighted by Gasteiger charge is -2.25. The van der Waals surface area contributed by atoms with Crippen molar-refractivity contribution < 1.29 is 108 Å². The molecule has 53 heteroatoms. The molecule has 13 rings (SSSR count). The van der Waals surface area contributed by atoms with Crippen molar-refractivity contribution in [3.63, 3.8) is 0 Å². The Morgan fingerprint density at radius 2 is 0.824 bits per heavy atom. The molecule has 552 valence electrons. The summed E-state index contributed by atoms with van der Waals surface area (Å²) in [5.74, 6) is -1.07. The lowest BCUT2D eigenvalue weighted by atomic mass is 10.2. The first-order valence-electron chi connectivity index (χ1n) is 30.3. The number of fused-ring (bicyclic) bond motifs is 3. The van der Waals surface area contributed by atoms with Gasteiger partial charge in [0.1, 0.15) is 91.9 Å². The summed E-state index contributed by atoms with van der Waals surface area (Å²) in [6, 6.07) is 1.22. The van der Waals surface area contributed by atoms with E-state index < -0.39 is 209 Å². The Labute approximate surface area is 564 Å². The van der Waals surface area contributed by atoms with Crippen LogP contribution in [0.25, 0.3) is 33.5 Å². The Morgan fingerprint density at radius 3 is 1.22 bits per heavy atom. The molecule has 5 fully saturated rings. The minimum atomic E-state index is -5.55. The highest BCUT2D eigenvalue weighted by Crippen LogP contribution is 2.55. The van der Waals surface area contributed by atoms with E-state index in [1.165, 1.54) is 41.0 Å². The minimum absolute atomic E-state index is 0.00544. The number of aliphatic hydroxyl groups is 2. The average molecular weight is 1520 g/mol. The predicted octanol–water partition coefficient (Wildman–Crippen LogP) is -3.37. The maximum atomic E-state index is 14.2. The molecule has 0 amide bonds. The van der Waals surface area contributed by atoms with Crippen LogP contribution in [0.3, 0.4) is 0 Å². The van der Waals surface area contributed by atoms with Crippen LogP contribution in [0.2, 0.25) is 0 Å². The number of nitrogens with two attached hydrogens (primary N) is 4. The van der Waals surface area contributed by atoms with Crippen LogP contribution in [0.5, 0.6) is 0 Å². The van der Waals surface area contributed by atoms with Crippen LogP contribution >= 0.6 is 31.3 Å². The molecule has 0 bridgehead atoms. The van der Waals surface area contributed by atoms with Crippen LogP contribution in [0.4, 0.5) is 23.7 Å². The Balaban J connectivity index is 0.698. The number of aromatic amines is 4. The second-order valence-electron chi connectivity index (χ2n) is 23.6. The molecule has 0 saturated carbocycles. The largest absolute Gasteiger partial charge is 0.472 e. The number of aryl methyl sites for hydroxylation is 1. The van der Waals surface area contributed by atoms with Crippen LogP contribution < -0.4 is 56.6 Å². The number of phosphoric acid groups is 4. The Hall–Kier alpha value is -8.03. The number of hydrogen-bond donors (Lipinski definition) is 14. The average Bonchev–Trinajstić information content (AvgIpc) is 1.63. The molecule has 5 aliphatic rings. The van der Waals surface area contributed by atoms with E-state index in [0.717, 1.165) is 26.2 Å². The Morgan fingerprint density at radius 1 is 0.480 bits per heavy atom. The first-order valence-corrected chi connectivity index (χ1v) is 36.3. The summed E-state index contributed by atoms with van der Waals surface area (Å²) in [5, 5.41) is 21.1. The van der Waals surface area contributed by atoms with Crippen LogP contribution in [0.15, 0.2) is 66.2 Å². The van der Waals surface area contributed by atoms with Crippen LogP contribution in [-0.2, 0) is 78.1 Å². The van der Waals surface area contributed by atoms with Gasteiger partial charge in [-0.15, -0.1) is 0 Å². The number of aliphatic hydroxyl groups excluding tert-OH is 2. The fourth-order valence-electron chi connectivity index (χ4n) is 12.0. The highest BCUT2D eigenvalue weighted by molar-refractivity contribution is 7.48.